The van der Waals surface area contributed by atoms with Gasteiger partial charge in [-0.2, -0.15) is 0 Å². The molecule has 0 aliphatic heterocycles. The van der Waals surface area contributed by atoms with Crippen molar-refractivity contribution in [2.75, 3.05) is 0 Å². The summed E-state index contributed by atoms with van der Waals surface area (Å²) in [7, 11) is 0.350. The first kappa shape index (κ1) is 19.1. The minimum absolute atomic E-state index is 0.350. The summed E-state index contributed by atoms with van der Waals surface area (Å²) in [5.41, 5.74) is 0.388. The Bertz CT molecular complexity index is 192. The zero-order valence-corrected chi connectivity index (χ0v) is 14.4. The summed E-state index contributed by atoms with van der Waals surface area (Å²) in [5, 5.41) is 0. The van der Waals surface area contributed by atoms with Crippen molar-refractivity contribution >= 4 is 8.46 Å². The molecule has 0 N–H and O–H groups in total. The standard InChI is InChI=1S/C17H35OP/c1-4-5-6-7-8-9-10-11-12-13-14-15-17(19-18)16(2)3/h16-17H,4-15H2,1-3H3. The molecule has 0 aromatic rings. The molecule has 0 amide bonds. The van der Waals surface area contributed by atoms with Crippen molar-refractivity contribution in [3.63, 3.8) is 0 Å². The first-order valence-corrected chi connectivity index (χ1v) is 9.43. The summed E-state index contributed by atoms with van der Waals surface area (Å²) in [4.78, 5) is 0. The quantitative estimate of drug-likeness (QED) is 0.248. The Hall–Kier alpha value is 0.100. The lowest BCUT2D eigenvalue weighted by Gasteiger charge is -2.12. The van der Waals surface area contributed by atoms with Gasteiger partial charge in [0.2, 0.25) is 0 Å². The van der Waals surface area contributed by atoms with Crippen molar-refractivity contribution in [1.82, 2.24) is 0 Å². The Labute approximate surface area is 123 Å². The molecule has 0 aliphatic carbocycles. The maximum absolute atomic E-state index is 11.0. The predicted octanol–water partition coefficient (Wildman–Crippen LogP) is 7.00. The fourth-order valence-electron chi connectivity index (χ4n) is 2.53. The molecule has 1 unspecified atom stereocenters. The van der Waals surface area contributed by atoms with E-state index in [1.807, 2.05) is 0 Å². The van der Waals surface area contributed by atoms with Gasteiger partial charge in [-0.25, -0.2) is 0 Å². The number of unbranched alkanes of at least 4 members (excludes halogenated alkanes) is 10. The Balaban J connectivity index is 3.16. The van der Waals surface area contributed by atoms with Crippen molar-refractivity contribution < 1.29 is 4.57 Å². The van der Waals surface area contributed by atoms with E-state index in [2.05, 4.69) is 20.8 Å². The van der Waals surface area contributed by atoms with Gasteiger partial charge in [0.1, 0.15) is 0 Å². The third-order valence-electron chi connectivity index (χ3n) is 4.01. The van der Waals surface area contributed by atoms with Crippen LogP contribution in [0, 0.1) is 5.92 Å². The topological polar surface area (TPSA) is 17.1 Å². The predicted molar refractivity (Wildman–Crippen MR) is 87.3 cm³/mol. The largest absolute Gasteiger partial charge is 0.275 e. The van der Waals surface area contributed by atoms with Crippen LogP contribution in [0.2, 0.25) is 0 Å². The maximum Gasteiger partial charge on any atom is 0.158 e. The first-order chi connectivity index (χ1) is 9.22. The molecule has 0 spiro atoms. The minimum atomic E-state index is 0.350. The van der Waals surface area contributed by atoms with Gasteiger partial charge >= 0.3 is 0 Å². The van der Waals surface area contributed by atoms with E-state index in [-0.39, 0.29) is 0 Å². The Morgan fingerprint density at radius 3 is 1.53 bits per heavy atom. The van der Waals surface area contributed by atoms with Crippen molar-refractivity contribution in [3.8, 4) is 0 Å². The molecule has 2 heteroatoms. The van der Waals surface area contributed by atoms with E-state index < -0.39 is 0 Å². The molecule has 1 atom stereocenters. The van der Waals surface area contributed by atoms with E-state index in [1.165, 1.54) is 70.6 Å². The van der Waals surface area contributed by atoms with E-state index in [0.717, 1.165) is 6.42 Å². The van der Waals surface area contributed by atoms with Crippen LogP contribution in [0.3, 0.4) is 0 Å². The summed E-state index contributed by atoms with van der Waals surface area (Å²) in [6, 6.07) is 0. The van der Waals surface area contributed by atoms with Crippen LogP contribution >= 0.6 is 8.46 Å². The van der Waals surface area contributed by atoms with E-state index in [0.29, 0.717) is 20.0 Å². The lowest BCUT2D eigenvalue weighted by atomic mass is 10.0. The third-order valence-corrected chi connectivity index (χ3v) is 5.13. The summed E-state index contributed by atoms with van der Waals surface area (Å²) < 4.78 is 11.0. The molecule has 0 aromatic heterocycles. The van der Waals surface area contributed by atoms with E-state index in [1.54, 1.807) is 0 Å². The van der Waals surface area contributed by atoms with Gasteiger partial charge in [-0.05, 0) is 12.3 Å². The number of hydrogen-bond acceptors (Lipinski definition) is 1. The van der Waals surface area contributed by atoms with Crippen molar-refractivity contribution in [3.05, 3.63) is 0 Å². The Morgan fingerprint density at radius 2 is 1.16 bits per heavy atom. The molecule has 0 aliphatic rings. The molecular formula is C17H35OP. The monoisotopic (exact) mass is 286 g/mol. The van der Waals surface area contributed by atoms with Crippen LogP contribution in [0.1, 0.15) is 97.8 Å². The van der Waals surface area contributed by atoms with Crippen LogP contribution < -0.4 is 0 Å². The lowest BCUT2D eigenvalue weighted by molar-refractivity contribution is 0.498. The minimum Gasteiger partial charge on any atom is -0.275 e. The van der Waals surface area contributed by atoms with Crippen molar-refractivity contribution in [2.45, 2.75) is 103 Å². The SMILES string of the molecule is CCCCCCCCCCCCCC(P=O)C(C)C. The number of rotatable bonds is 14. The molecule has 0 radical (unpaired) electrons. The van der Waals surface area contributed by atoms with Crippen LogP contribution in [0.4, 0.5) is 0 Å². The summed E-state index contributed by atoms with van der Waals surface area (Å²) in [6.45, 7) is 6.62. The molecule has 0 rings (SSSR count). The van der Waals surface area contributed by atoms with Gasteiger partial charge in [0.25, 0.3) is 0 Å². The summed E-state index contributed by atoms with van der Waals surface area (Å²) in [5.74, 6) is 0.558. The van der Waals surface area contributed by atoms with E-state index >= 15 is 0 Å². The Morgan fingerprint density at radius 1 is 0.737 bits per heavy atom. The maximum atomic E-state index is 11.0. The van der Waals surface area contributed by atoms with Gasteiger partial charge in [0.15, 0.2) is 8.46 Å². The van der Waals surface area contributed by atoms with Gasteiger partial charge in [-0.1, -0.05) is 91.4 Å². The van der Waals surface area contributed by atoms with Crippen LogP contribution in [0.15, 0.2) is 0 Å². The lowest BCUT2D eigenvalue weighted by Crippen LogP contribution is -2.07. The molecule has 0 saturated heterocycles. The molecule has 19 heavy (non-hydrogen) atoms. The molecule has 0 heterocycles. The molecule has 0 aromatic carbocycles. The second kappa shape index (κ2) is 14.5. The second-order valence-corrected chi connectivity index (χ2v) is 7.12. The average Bonchev–Trinajstić information content (AvgIpc) is 2.40. The molecule has 114 valence electrons. The first-order valence-electron chi connectivity index (χ1n) is 8.54. The van der Waals surface area contributed by atoms with E-state index in [4.69, 9.17) is 0 Å². The highest BCUT2D eigenvalue weighted by Gasteiger charge is 2.12. The highest BCUT2D eigenvalue weighted by Crippen LogP contribution is 2.23. The van der Waals surface area contributed by atoms with Gasteiger partial charge in [0, 0.05) is 5.66 Å². The van der Waals surface area contributed by atoms with Gasteiger partial charge in [0.05, 0.1) is 0 Å². The summed E-state index contributed by atoms with van der Waals surface area (Å²) >= 11 is 0. The highest BCUT2D eigenvalue weighted by atomic mass is 31.1. The van der Waals surface area contributed by atoms with Crippen LogP contribution in [0.5, 0.6) is 0 Å². The van der Waals surface area contributed by atoms with Gasteiger partial charge < -0.3 is 0 Å². The van der Waals surface area contributed by atoms with Gasteiger partial charge in [-0.3, -0.25) is 4.57 Å². The average molecular weight is 286 g/mol. The molecular weight excluding hydrogens is 251 g/mol. The highest BCUT2D eigenvalue weighted by molar-refractivity contribution is 7.24. The van der Waals surface area contributed by atoms with E-state index in [9.17, 15) is 4.57 Å². The fourth-order valence-corrected chi connectivity index (χ4v) is 3.06. The smallest absolute Gasteiger partial charge is 0.158 e. The third kappa shape index (κ3) is 12.9. The molecule has 0 saturated carbocycles. The molecule has 1 nitrogen and oxygen atoms in total. The zero-order chi connectivity index (χ0) is 14.3. The van der Waals surface area contributed by atoms with Crippen molar-refractivity contribution in [2.24, 2.45) is 5.92 Å². The van der Waals surface area contributed by atoms with Crippen molar-refractivity contribution in [1.29, 1.82) is 0 Å². The Kier molecular flexibility index (Phi) is 14.6. The summed E-state index contributed by atoms with van der Waals surface area (Å²) in [6.07, 6.45) is 16.4. The van der Waals surface area contributed by atoms with Crippen LogP contribution in [0.25, 0.3) is 0 Å². The fraction of sp³-hybridized carbons (Fsp3) is 1.00. The van der Waals surface area contributed by atoms with Crippen LogP contribution in [-0.4, -0.2) is 5.66 Å². The molecule has 0 fully saturated rings. The molecule has 0 bridgehead atoms. The second-order valence-electron chi connectivity index (χ2n) is 6.24. The van der Waals surface area contributed by atoms with Gasteiger partial charge in [-0.15, -0.1) is 0 Å². The zero-order valence-electron chi connectivity index (χ0n) is 13.5. The number of hydrogen-bond donors (Lipinski definition) is 0. The normalized spacial score (nSPS) is 13.3. The van der Waals surface area contributed by atoms with Crippen LogP contribution in [-0.2, 0) is 4.57 Å².